The van der Waals surface area contributed by atoms with Gasteiger partial charge in [-0.3, -0.25) is 0 Å². The van der Waals surface area contributed by atoms with Gasteiger partial charge in [-0.2, -0.15) is 0 Å². The fourth-order valence-corrected chi connectivity index (χ4v) is 4.51. The molecule has 0 aromatic rings. The number of methoxy groups -OCH3 is 1. The van der Waals surface area contributed by atoms with Gasteiger partial charge < -0.3 is 15.0 Å². The summed E-state index contributed by atoms with van der Waals surface area (Å²) in [5.41, 5.74) is 0.495. The van der Waals surface area contributed by atoms with Crippen molar-refractivity contribution in [1.29, 1.82) is 0 Å². The van der Waals surface area contributed by atoms with Crippen molar-refractivity contribution in [3.63, 3.8) is 0 Å². The topological polar surface area (TPSA) is 24.5 Å². The molecule has 0 aromatic carbocycles. The zero-order valence-electron chi connectivity index (χ0n) is 14.7. The second-order valence-electron chi connectivity index (χ2n) is 8.02. The minimum absolute atomic E-state index is 0.495. The summed E-state index contributed by atoms with van der Waals surface area (Å²) in [5, 5.41) is 3.66. The van der Waals surface area contributed by atoms with Gasteiger partial charge in [0.15, 0.2) is 0 Å². The largest absolute Gasteiger partial charge is 0.383 e. The van der Waals surface area contributed by atoms with Gasteiger partial charge in [-0.05, 0) is 36.0 Å². The van der Waals surface area contributed by atoms with E-state index in [0.717, 1.165) is 30.9 Å². The molecule has 4 atom stereocenters. The van der Waals surface area contributed by atoms with Crippen LogP contribution in [0.2, 0.25) is 0 Å². The highest BCUT2D eigenvalue weighted by Crippen LogP contribution is 2.40. The number of hydrogen-bond acceptors (Lipinski definition) is 3. The number of ether oxygens (including phenoxy) is 1. The Kier molecular flexibility index (Phi) is 6.51. The second-order valence-corrected chi connectivity index (χ2v) is 8.02. The zero-order chi connectivity index (χ0) is 15.3. The summed E-state index contributed by atoms with van der Waals surface area (Å²) < 4.78 is 5.17. The summed E-state index contributed by atoms with van der Waals surface area (Å²) in [4.78, 5) is 2.74. The summed E-state index contributed by atoms with van der Waals surface area (Å²) in [6.45, 7) is 14.1. The van der Waals surface area contributed by atoms with Crippen LogP contribution in [-0.2, 0) is 4.74 Å². The third kappa shape index (κ3) is 4.94. The molecule has 1 saturated heterocycles. The molecule has 21 heavy (non-hydrogen) atoms. The molecular formula is C18H36N2O. The average molecular weight is 296 g/mol. The lowest BCUT2D eigenvalue weighted by Gasteiger charge is -2.43. The quantitative estimate of drug-likeness (QED) is 0.731. The average Bonchev–Trinajstić information content (AvgIpc) is 2.73. The normalized spacial score (nSPS) is 38.0. The lowest BCUT2D eigenvalue weighted by molar-refractivity contribution is 0.0860. The summed E-state index contributed by atoms with van der Waals surface area (Å²) in [5.74, 6) is 2.62. The van der Waals surface area contributed by atoms with E-state index in [0.29, 0.717) is 5.41 Å². The molecule has 0 amide bonds. The number of nitrogens with zero attached hydrogens (tertiary/aromatic N) is 1. The Morgan fingerprint density at radius 2 is 1.90 bits per heavy atom. The third-order valence-electron chi connectivity index (χ3n) is 5.79. The van der Waals surface area contributed by atoms with Crippen molar-refractivity contribution >= 4 is 0 Å². The SMILES string of the molecule is COCCNCC1(CN2CC(C)C(C)C2)CCCC(C)C1. The predicted molar refractivity (Wildman–Crippen MR) is 89.6 cm³/mol. The minimum Gasteiger partial charge on any atom is -0.383 e. The lowest BCUT2D eigenvalue weighted by atomic mass is 9.69. The van der Waals surface area contributed by atoms with Gasteiger partial charge in [0.1, 0.15) is 0 Å². The fourth-order valence-electron chi connectivity index (χ4n) is 4.51. The van der Waals surface area contributed by atoms with Crippen molar-refractivity contribution in [2.45, 2.75) is 46.5 Å². The van der Waals surface area contributed by atoms with Crippen LogP contribution in [0.1, 0.15) is 46.5 Å². The molecule has 0 radical (unpaired) electrons. The van der Waals surface area contributed by atoms with E-state index in [9.17, 15) is 0 Å². The molecule has 3 heteroatoms. The van der Waals surface area contributed by atoms with E-state index < -0.39 is 0 Å². The van der Waals surface area contributed by atoms with Gasteiger partial charge in [-0.1, -0.05) is 33.6 Å². The molecule has 1 heterocycles. The molecule has 2 fully saturated rings. The maximum absolute atomic E-state index is 5.17. The van der Waals surface area contributed by atoms with Crippen LogP contribution in [0.4, 0.5) is 0 Å². The Morgan fingerprint density at radius 3 is 2.52 bits per heavy atom. The lowest BCUT2D eigenvalue weighted by Crippen LogP contribution is -2.46. The first kappa shape index (κ1) is 17.2. The monoisotopic (exact) mass is 296 g/mol. The van der Waals surface area contributed by atoms with Crippen molar-refractivity contribution in [3.8, 4) is 0 Å². The van der Waals surface area contributed by atoms with Crippen LogP contribution < -0.4 is 5.32 Å². The van der Waals surface area contributed by atoms with Crippen LogP contribution >= 0.6 is 0 Å². The summed E-state index contributed by atoms with van der Waals surface area (Å²) in [6.07, 6.45) is 5.63. The van der Waals surface area contributed by atoms with E-state index in [1.165, 1.54) is 51.9 Å². The molecule has 1 aliphatic carbocycles. The van der Waals surface area contributed by atoms with Crippen molar-refractivity contribution in [2.75, 3.05) is 46.4 Å². The highest BCUT2D eigenvalue weighted by molar-refractivity contribution is 4.92. The van der Waals surface area contributed by atoms with E-state index in [1.807, 2.05) is 0 Å². The minimum atomic E-state index is 0.495. The smallest absolute Gasteiger partial charge is 0.0587 e. The first-order chi connectivity index (χ1) is 10.0. The molecule has 0 aromatic heterocycles. The van der Waals surface area contributed by atoms with Gasteiger partial charge in [0.2, 0.25) is 0 Å². The Labute approximate surface area is 131 Å². The van der Waals surface area contributed by atoms with Gasteiger partial charge in [0.25, 0.3) is 0 Å². The molecule has 2 aliphatic rings. The molecule has 1 saturated carbocycles. The van der Waals surface area contributed by atoms with E-state index in [4.69, 9.17) is 4.74 Å². The standard InChI is InChI=1S/C18H36N2O/c1-15-6-5-7-18(10-15,13-19-8-9-21-4)14-20-11-16(2)17(3)12-20/h15-17,19H,5-14H2,1-4H3. The predicted octanol–water partition coefficient (Wildman–Crippen LogP) is 3.01. The maximum Gasteiger partial charge on any atom is 0.0587 e. The second kappa shape index (κ2) is 7.94. The van der Waals surface area contributed by atoms with Crippen LogP contribution in [0.3, 0.4) is 0 Å². The molecule has 4 unspecified atom stereocenters. The van der Waals surface area contributed by atoms with E-state index in [-0.39, 0.29) is 0 Å². The summed E-state index contributed by atoms with van der Waals surface area (Å²) in [6, 6.07) is 0. The molecule has 3 nitrogen and oxygen atoms in total. The van der Waals surface area contributed by atoms with E-state index >= 15 is 0 Å². The Balaban J connectivity index is 1.91. The van der Waals surface area contributed by atoms with Gasteiger partial charge in [-0.15, -0.1) is 0 Å². The maximum atomic E-state index is 5.17. The Hall–Kier alpha value is -0.120. The van der Waals surface area contributed by atoms with Crippen LogP contribution in [0.5, 0.6) is 0 Å². The van der Waals surface area contributed by atoms with Crippen molar-refractivity contribution in [1.82, 2.24) is 10.2 Å². The van der Waals surface area contributed by atoms with E-state index in [2.05, 4.69) is 31.0 Å². The van der Waals surface area contributed by atoms with Crippen LogP contribution in [0, 0.1) is 23.2 Å². The molecule has 1 N–H and O–H groups in total. The molecule has 0 bridgehead atoms. The number of hydrogen-bond donors (Lipinski definition) is 1. The molecule has 2 rings (SSSR count). The summed E-state index contributed by atoms with van der Waals surface area (Å²) >= 11 is 0. The highest BCUT2D eigenvalue weighted by Gasteiger charge is 2.38. The number of rotatable bonds is 7. The van der Waals surface area contributed by atoms with Crippen LogP contribution in [0.25, 0.3) is 0 Å². The van der Waals surface area contributed by atoms with Gasteiger partial charge >= 0.3 is 0 Å². The third-order valence-corrected chi connectivity index (χ3v) is 5.79. The molecule has 124 valence electrons. The Bertz CT molecular complexity index is 300. The fraction of sp³-hybridized carbons (Fsp3) is 1.00. The van der Waals surface area contributed by atoms with E-state index in [1.54, 1.807) is 7.11 Å². The van der Waals surface area contributed by atoms with Crippen LogP contribution in [-0.4, -0.2) is 51.3 Å². The molecular weight excluding hydrogens is 260 g/mol. The Morgan fingerprint density at radius 1 is 1.19 bits per heavy atom. The highest BCUT2D eigenvalue weighted by atomic mass is 16.5. The molecule has 1 aliphatic heterocycles. The summed E-state index contributed by atoms with van der Waals surface area (Å²) in [7, 11) is 1.78. The number of nitrogens with one attached hydrogen (secondary N) is 1. The molecule has 0 spiro atoms. The van der Waals surface area contributed by atoms with Crippen molar-refractivity contribution in [2.24, 2.45) is 23.2 Å². The zero-order valence-corrected chi connectivity index (χ0v) is 14.7. The van der Waals surface area contributed by atoms with Gasteiger partial charge in [-0.25, -0.2) is 0 Å². The van der Waals surface area contributed by atoms with Gasteiger partial charge in [0.05, 0.1) is 6.61 Å². The number of likely N-dealkylation sites (tertiary alicyclic amines) is 1. The van der Waals surface area contributed by atoms with Crippen LogP contribution in [0.15, 0.2) is 0 Å². The van der Waals surface area contributed by atoms with Crippen molar-refractivity contribution < 1.29 is 4.74 Å². The van der Waals surface area contributed by atoms with Crippen molar-refractivity contribution in [3.05, 3.63) is 0 Å². The first-order valence-corrected chi connectivity index (χ1v) is 8.97. The van der Waals surface area contributed by atoms with Gasteiger partial charge in [0, 0.05) is 39.8 Å². The first-order valence-electron chi connectivity index (χ1n) is 8.97.